The molecule has 0 bridgehead atoms. The number of hydrogen-bond acceptors (Lipinski definition) is 5. The lowest BCUT2D eigenvalue weighted by Crippen LogP contribution is -2.50. The van der Waals surface area contributed by atoms with E-state index in [2.05, 4.69) is 4.90 Å². The number of rotatable bonds is 10. The van der Waals surface area contributed by atoms with Crippen LogP contribution < -0.4 is 10.5 Å². The van der Waals surface area contributed by atoms with Crippen molar-refractivity contribution in [1.29, 1.82) is 0 Å². The average molecular weight is 682 g/mol. The summed E-state index contributed by atoms with van der Waals surface area (Å²) >= 11 is 0. The van der Waals surface area contributed by atoms with Gasteiger partial charge in [0.05, 0.1) is 18.5 Å². The number of Topliss-reactive ketones (excluding diaryl/α,β-unsaturated/α-hetero) is 2. The van der Waals surface area contributed by atoms with Crippen molar-refractivity contribution in [2.75, 3.05) is 31.1 Å². The average Bonchev–Trinajstić information content (AvgIpc) is 3.14. The largest absolute Gasteiger partial charge is 0.368 e. The van der Waals surface area contributed by atoms with E-state index in [9.17, 15) is 36.7 Å². The van der Waals surface area contributed by atoms with E-state index in [1.807, 2.05) is 54.6 Å². The molecule has 7 nitrogen and oxygen atoms in total. The van der Waals surface area contributed by atoms with Crippen LogP contribution in [0.5, 0.6) is 0 Å². The van der Waals surface area contributed by atoms with Gasteiger partial charge in [-0.15, -0.1) is 0 Å². The van der Waals surface area contributed by atoms with Crippen LogP contribution in [0.25, 0.3) is 11.1 Å². The van der Waals surface area contributed by atoms with E-state index in [-0.39, 0.29) is 30.8 Å². The molecule has 0 spiro atoms. The third-order valence-electron chi connectivity index (χ3n) is 8.73. The second-order valence-electron chi connectivity index (χ2n) is 12.0. The van der Waals surface area contributed by atoms with Crippen LogP contribution in [0.3, 0.4) is 0 Å². The first-order chi connectivity index (χ1) is 24.1. The third kappa shape index (κ3) is 7.41. The van der Waals surface area contributed by atoms with E-state index >= 15 is 0 Å². The maximum Gasteiger partial charge on any atom is 0.290 e. The standard InChI is InChI=1S/C39H31F4N3O4/c40-32-9-5-4-8-28(32)24-46-23-25(20-30-33(41)14-15-34(42)37(30)43)21-31(38(46)49)35(47)22-36(48)39(50)45-18-16-44(17-19-45)29-12-10-27(11-13-29)26-6-2-1-3-7-26/h1-15,21,23H,16-20,22,24H2. The van der Waals surface area contributed by atoms with E-state index in [1.54, 1.807) is 6.07 Å². The SMILES string of the molecule is O=C(CC(=O)c1cc(Cc2c(F)ccc(F)c2F)cn(Cc2ccccc2F)c1=O)C(=O)N1CCN(c2ccc(-c3ccccc3)cc2)CC1. The van der Waals surface area contributed by atoms with Gasteiger partial charge in [-0.25, -0.2) is 17.6 Å². The molecule has 0 N–H and O–H groups in total. The van der Waals surface area contributed by atoms with Crippen molar-refractivity contribution in [3.05, 3.63) is 159 Å². The Balaban J connectivity index is 1.16. The van der Waals surface area contributed by atoms with Gasteiger partial charge in [-0.2, -0.15) is 0 Å². The molecular weight excluding hydrogens is 650 g/mol. The molecule has 11 heteroatoms. The number of benzene rings is 4. The molecule has 254 valence electrons. The number of anilines is 1. The number of ketones is 2. The first-order valence-corrected chi connectivity index (χ1v) is 15.9. The van der Waals surface area contributed by atoms with Crippen LogP contribution in [0, 0.1) is 23.3 Å². The summed E-state index contributed by atoms with van der Waals surface area (Å²) in [6.45, 7) is 1.02. The molecular formula is C39H31F4N3O4. The van der Waals surface area contributed by atoms with Gasteiger partial charge in [-0.05, 0) is 53.1 Å². The van der Waals surface area contributed by atoms with Crippen LogP contribution >= 0.6 is 0 Å². The summed E-state index contributed by atoms with van der Waals surface area (Å²) in [5, 5.41) is 0. The topological polar surface area (TPSA) is 79.7 Å². The fraction of sp³-hybridized carbons (Fsp3) is 0.179. The number of amides is 1. The first-order valence-electron chi connectivity index (χ1n) is 15.9. The van der Waals surface area contributed by atoms with E-state index in [1.165, 1.54) is 29.3 Å². The molecule has 0 saturated carbocycles. The highest BCUT2D eigenvalue weighted by molar-refractivity contribution is 6.40. The maximum atomic E-state index is 14.5. The van der Waals surface area contributed by atoms with Crippen molar-refractivity contribution in [3.8, 4) is 11.1 Å². The van der Waals surface area contributed by atoms with Gasteiger partial charge in [0.2, 0.25) is 5.78 Å². The number of piperazine rings is 1. The molecule has 0 atom stereocenters. The lowest BCUT2D eigenvalue weighted by molar-refractivity contribution is -0.144. The normalized spacial score (nSPS) is 13.0. The zero-order chi connectivity index (χ0) is 35.4. The molecule has 0 unspecified atom stereocenters. The van der Waals surface area contributed by atoms with Gasteiger partial charge in [-0.3, -0.25) is 19.2 Å². The van der Waals surface area contributed by atoms with Crippen molar-refractivity contribution < 1.29 is 31.9 Å². The second-order valence-corrected chi connectivity index (χ2v) is 12.0. The molecule has 5 aromatic rings. The highest BCUT2D eigenvalue weighted by Crippen LogP contribution is 2.24. The molecule has 0 aliphatic carbocycles. The zero-order valence-electron chi connectivity index (χ0n) is 26.8. The van der Waals surface area contributed by atoms with Crippen molar-refractivity contribution in [1.82, 2.24) is 9.47 Å². The molecule has 6 rings (SSSR count). The van der Waals surface area contributed by atoms with Crippen LogP contribution in [-0.2, 0) is 22.6 Å². The molecule has 50 heavy (non-hydrogen) atoms. The van der Waals surface area contributed by atoms with Gasteiger partial charge < -0.3 is 14.4 Å². The second kappa shape index (κ2) is 14.7. The fourth-order valence-corrected chi connectivity index (χ4v) is 6.01. The number of hydrogen-bond donors (Lipinski definition) is 0. The molecule has 4 aromatic carbocycles. The van der Waals surface area contributed by atoms with Crippen LogP contribution in [0.15, 0.2) is 108 Å². The number of pyridine rings is 1. The van der Waals surface area contributed by atoms with Crippen LogP contribution in [0.4, 0.5) is 23.2 Å². The Bertz CT molecular complexity index is 2130. The van der Waals surface area contributed by atoms with Gasteiger partial charge in [0.1, 0.15) is 11.6 Å². The van der Waals surface area contributed by atoms with Crippen molar-refractivity contribution in [3.63, 3.8) is 0 Å². The lowest BCUT2D eigenvalue weighted by atomic mass is 10.00. The summed E-state index contributed by atoms with van der Waals surface area (Å²) in [6, 6.07) is 26.0. The molecule has 1 saturated heterocycles. The van der Waals surface area contributed by atoms with Gasteiger partial charge in [0, 0.05) is 55.6 Å². The zero-order valence-corrected chi connectivity index (χ0v) is 26.8. The smallest absolute Gasteiger partial charge is 0.290 e. The predicted molar refractivity (Wildman–Crippen MR) is 180 cm³/mol. The maximum absolute atomic E-state index is 14.5. The summed E-state index contributed by atoms with van der Waals surface area (Å²) in [5.41, 5.74) is 1.17. The van der Waals surface area contributed by atoms with Gasteiger partial charge in [-0.1, -0.05) is 60.7 Å². The Morgan fingerprint density at radius 1 is 0.680 bits per heavy atom. The van der Waals surface area contributed by atoms with Gasteiger partial charge in [0.15, 0.2) is 17.4 Å². The minimum Gasteiger partial charge on any atom is -0.368 e. The third-order valence-corrected chi connectivity index (χ3v) is 8.73. The lowest BCUT2D eigenvalue weighted by Gasteiger charge is -2.35. The van der Waals surface area contributed by atoms with Crippen molar-refractivity contribution >= 4 is 23.2 Å². The van der Waals surface area contributed by atoms with Crippen LogP contribution in [0.2, 0.25) is 0 Å². The number of carbonyl (C=O) groups is 3. The highest BCUT2D eigenvalue weighted by atomic mass is 19.2. The van der Waals surface area contributed by atoms with E-state index in [0.717, 1.165) is 33.5 Å². The quantitative estimate of drug-likeness (QED) is 0.0577. The Kier molecular flexibility index (Phi) is 10.0. The molecule has 1 amide bonds. The summed E-state index contributed by atoms with van der Waals surface area (Å²) in [5.74, 6) is -7.29. The number of carbonyl (C=O) groups excluding carboxylic acids is 3. The van der Waals surface area contributed by atoms with Crippen LogP contribution in [-0.4, -0.2) is 53.1 Å². The Morgan fingerprint density at radius 2 is 1.32 bits per heavy atom. The minimum atomic E-state index is -1.44. The molecule has 1 fully saturated rings. The van der Waals surface area contributed by atoms with E-state index in [4.69, 9.17) is 0 Å². The summed E-state index contributed by atoms with van der Waals surface area (Å²) in [7, 11) is 0. The van der Waals surface area contributed by atoms with Crippen molar-refractivity contribution in [2.24, 2.45) is 0 Å². The Morgan fingerprint density at radius 3 is 2.02 bits per heavy atom. The summed E-state index contributed by atoms with van der Waals surface area (Å²) in [6.07, 6.45) is -0.294. The molecule has 1 aromatic heterocycles. The fourth-order valence-electron chi connectivity index (χ4n) is 6.01. The Hall–Kier alpha value is -5.84. The predicted octanol–water partition coefficient (Wildman–Crippen LogP) is 6.20. The van der Waals surface area contributed by atoms with Crippen molar-refractivity contribution in [2.45, 2.75) is 19.4 Å². The highest BCUT2D eigenvalue weighted by Gasteiger charge is 2.29. The molecule has 1 aliphatic rings. The number of aromatic nitrogens is 1. The number of nitrogens with zero attached hydrogens (tertiary/aromatic N) is 3. The molecule has 2 heterocycles. The van der Waals surface area contributed by atoms with Gasteiger partial charge in [0.25, 0.3) is 11.5 Å². The van der Waals surface area contributed by atoms with E-state index in [0.29, 0.717) is 19.2 Å². The summed E-state index contributed by atoms with van der Waals surface area (Å²) < 4.78 is 58.4. The van der Waals surface area contributed by atoms with Gasteiger partial charge >= 0.3 is 0 Å². The monoisotopic (exact) mass is 681 g/mol. The first kappa shape index (κ1) is 34.0. The Labute approximate surface area is 285 Å². The molecule has 1 aliphatic heterocycles. The van der Waals surface area contributed by atoms with Crippen LogP contribution in [0.1, 0.15) is 33.5 Å². The molecule has 0 radical (unpaired) electrons. The van der Waals surface area contributed by atoms with E-state index < -0.39 is 70.3 Å². The number of halogens is 4. The minimum absolute atomic E-state index is 0.0272. The summed E-state index contributed by atoms with van der Waals surface area (Å²) in [4.78, 5) is 56.5.